The molecule has 3 N–H and O–H groups in total. The molecule has 0 radical (unpaired) electrons. The van der Waals surface area contributed by atoms with Crippen molar-refractivity contribution in [3.8, 4) is 0 Å². The summed E-state index contributed by atoms with van der Waals surface area (Å²) in [5.41, 5.74) is 5.95. The van der Waals surface area contributed by atoms with E-state index in [4.69, 9.17) is 5.73 Å². The molecule has 18 heavy (non-hydrogen) atoms. The summed E-state index contributed by atoms with van der Waals surface area (Å²) in [6.45, 7) is 3.80. The van der Waals surface area contributed by atoms with E-state index in [2.05, 4.69) is 10.1 Å². The van der Waals surface area contributed by atoms with Crippen LogP contribution in [0, 0.1) is 5.41 Å². The first-order valence-corrected chi connectivity index (χ1v) is 5.60. The minimum absolute atomic E-state index is 0.157. The van der Waals surface area contributed by atoms with Crippen LogP contribution < -0.4 is 11.1 Å². The van der Waals surface area contributed by atoms with Crippen LogP contribution in [0.2, 0.25) is 0 Å². The van der Waals surface area contributed by atoms with Crippen molar-refractivity contribution >= 4 is 17.6 Å². The molecule has 5 nitrogen and oxygen atoms in total. The standard InChI is InChI=1S/C13H18N2O3/c1-13(2,8-14)12(17)15-10-6-4-9(5-7-10)11(16)18-3/h4-7H,8,14H2,1-3H3,(H,15,17). The van der Waals surface area contributed by atoms with Crippen molar-refractivity contribution in [2.24, 2.45) is 11.1 Å². The molecule has 0 saturated heterocycles. The number of esters is 1. The van der Waals surface area contributed by atoms with Gasteiger partial charge in [-0.3, -0.25) is 4.79 Å². The number of carbonyl (C=O) groups excluding carboxylic acids is 2. The number of anilines is 1. The number of amides is 1. The maximum absolute atomic E-state index is 11.9. The van der Waals surface area contributed by atoms with E-state index < -0.39 is 11.4 Å². The maximum atomic E-state index is 11.9. The molecule has 98 valence electrons. The Balaban J connectivity index is 2.76. The normalized spacial score (nSPS) is 10.9. The van der Waals surface area contributed by atoms with E-state index in [1.807, 2.05) is 0 Å². The van der Waals surface area contributed by atoms with Crippen molar-refractivity contribution < 1.29 is 14.3 Å². The summed E-state index contributed by atoms with van der Waals surface area (Å²) in [5, 5.41) is 2.75. The lowest BCUT2D eigenvalue weighted by Gasteiger charge is -2.21. The quantitative estimate of drug-likeness (QED) is 0.791. The molecule has 0 bridgehead atoms. The lowest BCUT2D eigenvalue weighted by atomic mass is 9.92. The highest BCUT2D eigenvalue weighted by Crippen LogP contribution is 2.17. The Labute approximate surface area is 106 Å². The van der Waals surface area contributed by atoms with Crippen molar-refractivity contribution in [3.63, 3.8) is 0 Å². The van der Waals surface area contributed by atoms with Crippen LogP contribution in [0.15, 0.2) is 24.3 Å². The number of hydrogen-bond acceptors (Lipinski definition) is 4. The second kappa shape index (κ2) is 5.64. The SMILES string of the molecule is COC(=O)c1ccc(NC(=O)C(C)(C)CN)cc1. The average molecular weight is 250 g/mol. The number of benzene rings is 1. The molecule has 1 aromatic carbocycles. The minimum atomic E-state index is -0.624. The second-order valence-electron chi connectivity index (χ2n) is 4.61. The van der Waals surface area contributed by atoms with E-state index >= 15 is 0 Å². The lowest BCUT2D eigenvalue weighted by Crippen LogP contribution is -2.37. The summed E-state index contributed by atoms with van der Waals surface area (Å²) < 4.78 is 4.59. The summed E-state index contributed by atoms with van der Waals surface area (Å²) >= 11 is 0. The van der Waals surface area contributed by atoms with Crippen LogP contribution >= 0.6 is 0 Å². The highest BCUT2D eigenvalue weighted by molar-refractivity contribution is 5.96. The van der Waals surface area contributed by atoms with Crippen LogP contribution in [0.25, 0.3) is 0 Å². The fourth-order valence-electron chi connectivity index (χ4n) is 1.20. The van der Waals surface area contributed by atoms with Gasteiger partial charge >= 0.3 is 5.97 Å². The van der Waals surface area contributed by atoms with Gasteiger partial charge in [0.15, 0.2) is 0 Å². The molecule has 1 amide bonds. The van der Waals surface area contributed by atoms with Gasteiger partial charge in [0.05, 0.1) is 18.1 Å². The van der Waals surface area contributed by atoms with Gasteiger partial charge in [-0.2, -0.15) is 0 Å². The molecular formula is C13H18N2O3. The molecule has 0 spiro atoms. The van der Waals surface area contributed by atoms with Gasteiger partial charge in [0.2, 0.25) is 5.91 Å². The molecule has 0 unspecified atom stereocenters. The summed E-state index contributed by atoms with van der Waals surface area (Å²) in [5.74, 6) is -0.564. The molecule has 0 heterocycles. The van der Waals surface area contributed by atoms with E-state index in [-0.39, 0.29) is 12.5 Å². The zero-order valence-corrected chi connectivity index (χ0v) is 10.8. The van der Waals surface area contributed by atoms with E-state index in [1.54, 1.807) is 38.1 Å². The van der Waals surface area contributed by atoms with E-state index in [0.717, 1.165) is 0 Å². The Bertz CT molecular complexity index is 438. The Hall–Kier alpha value is -1.88. The van der Waals surface area contributed by atoms with Gasteiger partial charge in [-0.1, -0.05) is 0 Å². The molecule has 0 fully saturated rings. The summed E-state index contributed by atoms with van der Waals surface area (Å²) in [6, 6.07) is 6.49. The first-order valence-electron chi connectivity index (χ1n) is 5.60. The van der Waals surface area contributed by atoms with Gasteiger partial charge in [0.25, 0.3) is 0 Å². The predicted octanol–water partition coefficient (Wildman–Crippen LogP) is 1.40. The molecule has 0 aliphatic carbocycles. The third-order valence-electron chi connectivity index (χ3n) is 2.69. The fraction of sp³-hybridized carbons (Fsp3) is 0.385. The summed E-state index contributed by atoms with van der Waals surface area (Å²) in [7, 11) is 1.32. The minimum Gasteiger partial charge on any atom is -0.465 e. The van der Waals surface area contributed by atoms with Crippen LogP contribution in [-0.4, -0.2) is 25.5 Å². The Morgan fingerprint density at radius 2 is 1.83 bits per heavy atom. The van der Waals surface area contributed by atoms with E-state index in [9.17, 15) is 9.59 Å². The molecule has 0 saturated carbocycles. The lowest BCUT2D eigenvalue weighted by molar-refractivity contribution is -0.123. The molecular weight excluding hydrogens is 232 g/mol. The van der Waals surface area contributed by atoms with Crippen LogP contribution in [-0.2, 0) is 9.53 Å². The maximum Gasteiger partial charge on any atom is 0.337 e. The largest absolute Gasteiger partial charge is 0.465 e. The monoisotopic (exact) mass is 250 g/mol. The molecule has 1 rings (SSSR count). The number of ether oxygens (including phenoxy) is 1. The van der Waals surface area contributed by atoms with Crippen molar-refractivity contribution in [2.75, 3.05) is 19.0 Å². The number of methoxy groups -OCH3 is 1. The topological polar surface area (TPSA) is 81.4 Å². The van der Waals surface area contributed by atoms with Gasteiger partial charge < -0.3 is 15.8 Å². The smallest absolute Gasteiger partial charge is 0.337 e. The van der Waals surface area contributed by atoms with Gasteiger partial charge in [-0.05, 0) is 38.1 Å². The van der Waals surface area contributed by atoms with Crippen LogP contribution in [0.1, 0.15) is 24.2 Å². The fourth-order valence-corrected chi connectivity index (χ4v) is 1.20. The van der Waals surface area contributed by atoms with Crippen molar-refractivity contribution in [1.29, 1.82) is 0 Å². The van der Waals surface area contributed by atoms with E-state index in [1.165, 1.54) is 7.11 Å². The van der Waals surface area contributed by atoms with Crippen molar-refractivity contribution in [1.82, 2.24) is 0 Å². The molecule has 0 atom stereocenters. The van der Waals surface area contributed by atoms with Crippen LogP contribution in [0.3, 0.4) is 0 Å². The third-order valence-corrected chi connectivity index (χ3v) is 2.69. The first kappa shape index (κ1) is 14.2. The zero-order chi connectivity index (χ0) is 13.8. The highest BCUT2D eigenvalue weighted by atomic mass is 16.5. The van der Waals surface area contributed by atoms with Crippen molar-refractivity contribution in [2.45, 2.75) is 13.8 Å². The molecule has 5 heteroatoms. The molecule has 0 aliphatic heterocycles. The number of nitrogens with one attached hydrogen (secondary N) is 1. The highest BCUT2D eigenvalue weighted by Gasteiger charge is 2.25. The van der Waals surface area contributed by atoms with Gasteiger partial charge in [0.1, 0.15) is 0 Å². The molecule has 1 aromatic rings. The third kappa shape index (κ3) is 3.30. The van der Waals surface area contributed by atoms with Gasteiger partial charge in [0, 0.05) is 12.2 Å². The van der Waals surface area contributed by atoms with Gasteiger partial charge in [-0.15, -0.1) is 0 Å². The Kier molecular flexibility index (Phi) is 4.44. The summed E-state index contributed by atoms with van der Waals surface area (Å²) in [6.07, 6.45) is 0. The predicted molar refractivity (Wildman–Crippen MR) is 69.2 cm³/mol. The summed E-state index contributed by atoms with van der Waals surface area (Å²) in [4.78, 5) is 23.1. The Morgan fingerprint density at radius 3 is 2.28 bits per heavy atom. The first-order chi connectivity index (χ1) is 8.40. The van der Waals surface area contributed by atoms with Gasteiger partial charge in [-0.25, -0.2) is 4.79 Å². The Morgan fingerprint density at radius 1 is 1.28 bits per heavy atom. The number of carbonyl (C=O) groups is 2. The molecule has 0 aromatic heterocycles. The second-order valence-corrected chi connectivity index (χ2v) is 4.61. The van der Waals surface area contributed by atoms with Crippen LogP contribution in [0.4, 0.5) is 5.69 Å². The van der Waals surface area contributed by atoms with E-state index in [0.29, 0.717) is 11.3 Å². The zero-order valence-electron chi connectivity index (χ0n) is 10.8. The van der Waals surface area contributed by atoms with Crippen molar-refractivity contribution in [3.05, 3.63) is 29.8 Å². The number of nitrogens with two attached hydrogens (primary N) is 1. The van der Waals surface area contributed by atoms with Crippen LogP contribution in [0.5, 0.6) is 0 Å². The average Bonchev–Trinajstić information content (AvgIpc) is 2.38. The number of hydrogen-bond donors (Lipinski definition) is 2. The molecule has 0 aliphatic rings. The number of rotatable bonds is 4.